The van der Waals surface area contributed by atoms with E-state index < -0.39 is 16.1 Å². The van der Waals surface area contributed by atoms with E-state index in [1.807, 2.05) is 31.2 Å². The lowest BCUT2D eigenvalue weighted by atomic mass is 10.2. The first-order valence-electron chi connectivity index (χ1n) is 9.14. The fourth-order valence-corrected chi connectivity index (χ4v) is 4.58. The molecule has 1 fully saturated rings. The number of carbonyl (C=O) groups is 1. The van der Waals surface area contributed by atoms with E-state index in [0.29, 0.717) is 31.2 Å². The third-order valence-corrected chi connectivity index (χ3v) is 6.59. The number of nitrogens with one attached hydrogen (secondary N) is 1. The number of halogens is 1. The van der Waals surface area contributed by atoms with Crippen LogP contribution in [0.15, 0.2) is 53.4 Å². The van der Waals surface area contributed by atoms with Crippen molar-refractivity contribution in [3.63, 3.8) is 0 Å². The maximum absolute atomic E-state index is 12.7. The number of benzene rings is 2. The molecule has 1 heterocycles. The van der Waals surface area contributed by atoms with Crippen LogP contribution in [0.1, 0.15) is 12.5 Å². The van der Waals surface area contributed by atoms with Gasteiger partial charge in [0, 0.05) is 36.9 Å². The monoisotopic (exact) mass is 421 g/mol. The zero-order valence-electron chi connectivity index (χ0n) is 15.9. The Kier molecular flexibility index (Phi) is 6.27. The van der Waals surface area contributed by atoms with Gasteiger partial charge in [-0.2, -0.15) is 4.72 Å². The van der Waals surface area contributed by atoms with Crippen LogP contribution >= 0.6 is 11.6 Å². The van der Waals surface area contributed by atoms with Gasteiger partial charge in [-0.05, 0) is 44.2 Å². The minimum absolute atomic E-state index is 0.156. The Morgan fingerprint density at radius 1 is 1.07 bits per heavy atom. The van der Waals surface area contributed by atoms with Gasteiger partial charge >= 0.3 is 0 Å². The van der Waals surface area contributed by atoms with Gasteiger partial charge in [0.1, 0.15) is 0 Å². The lowest BCUT2D eigenvalue weighted by Crippen LogP contribution is -2.54. The molecule has 1 amide bonds. The summed E-state index contributed by atoms with van der Waals surface area (Å²) in [6.45, 7) is 5.87. The van der Waals surface area contributed by atoms with E-state index in [1.54, 1.807) is 36.1 Å². The van der Waals surface area contributed by atoms with E-state index in [2.05, 4.69) is 9.62 Å². The predicted octanol–water partition coefficient (Wildman–Crippen LogP) is 2.66. The van der Waals surface area contributed by atoms with Gasteiger partial charge in [0.2, 0.25) is 15.9 Å². The molecule has 1 aliphatic rings. The van der Waals surface area contributed by atoms with Crippen molar-refractivity contribution in [1.82, 2.24) is 9.62 Å². The summed E-state index contributed by atoms with van der Waals surface area (Å²) in [4.78, 5) is 16.7. The molecule has 1 atom stereocenters. The number of carbonyl (C=O) groups excluding carboxylic acids is 1. The van der Waals surface area contributed by atoms with Gasteiger partial charge in [-0.1, -0.05) is 35.4 Å². The number of amides is 1. The largest absolute Gasteiger partial charge is 0.368 e. The van der Waals surface area contributed by atoms with Crippen LogP contribution in [-0.2, 0) is 14.8 Å². The first-order valence-corrected chi connectivity index (χ1v) is 11.0. The first-order chi connectivity index (χ1) is 13.3. The number of hydrogen-bond acceptors (Lipinski definition) is 4. The average Bonchev–Trinajstić information content (AvgIpc) is 2.67. The number of hydrogen-bond donors (Lipinski definition) is 1. The summed E-state index contributed by atoms with van der Waals surface area (Å²) in [6, 6.07) is 13.3. The van der Waals surface area contributed by atoms with E-state index in [0.717, 1.165) is 11.3 Å². The minimum Gasteiger partial charge on any atom is -0.368 e. The molecule has 28 heavy (non-hydrogen) atoms. The molecular weight excluding hydrogens is 398 g/mol. The molecule has 1 saturated heterocycles. The normalized spacial score (nSPS) is 16.1. The van der Waals surface area contributed by atoms with Crippen LogP contribution in [0.5, 0.6) is 0 Å². The van der Waals surface area contributed by atoms with Crippen LogP contribution in [0.2, 0.25) is 5.02 Å². The number of rotatable bonds is 5. The third-order valence-electron chi connectivity index (χ3n) is 4.80. The van der Waals surface area contributed by atoms with Gasteiger partial charge in [0.25, 0.3) is 0 Å². The summed E-state index contributed by atoms with van der Waals surface area (Å²) in [7, 11) is -3.74. The smallest absolute Gasteiger partial charge is 0.241 e. The molecule has 1 N–H and O–H groups in total. The maximum atomic E-state index is 12.7. The molecule has 0 radical (unpaired) electrons. The second-order valence-corrected chi connectivity index (χ2v) is 9.10. The molecule has 0 aromatic heterocycles. The van der Waals surface area contributed by atoms with Gasteiger partial charge in [0.05, 0.1) is 10.9 Å². The molecule has 3 rings (SSSR count). The number of sulfonamides is 1. The van der Waals surface area contributed by atoms with Crippen LogP contribution in [-0.4, -0.2) is 51.4 Å². The van der Waals surface area contributed by atoms with Crippen molar-refractivity contribution in [2.24, 2.45) is 0 Å². The van der Waals surface area contributed by atoms with Gasteiger partial charge in [0.15, 0.2) is 0 Å². The van der Waals surface area contributed by atoms with Crippen LogP contribution in [0, 0.1) is 6.92 Å². The molecule has 150 valence electrons. The van der Waals surface area contributed by atoms with Gasteiger partial charge < -0.3 is 9.80 Å². The molecule has 0 bridgehead atoms. The van der Waals surface area contributed by atoms with Crippen molar-refractivity contribution in [1.29, 1.82) is 0 Å². The molecule has 1 aliphatic heterocycles. The molecule has 0 saturated carbocycles. The standard InChI is InChI=1S/C20H24ClN3O3S/c1-15-6-8-19(9-7-15)28(26,27)22-16(2)20(25)24-12-10-23(11-13-24)18-5-3-4-17(21)14-18/h3-9,14,16,22H,10-13H2,1-2H3. The fraction of sp³-hybridized carbons (Fsp3) is 0.350. The van der Waals surface area contributed by atoms with Gasteiger partial charge in [-0.25, -0.2) is 8.42 Å². The lowest BCUT2D eigenvalue weighted by Gasteiger charge is -2.37. The lowest BCUT2D eigenvalue weighted by molar-refractivity contribution is -0.132. The van der Waals surface area contributed by atoms with Crippen LogP contribution in [0.3, 0.4) is 0 Å². The Hall–Kier alpha value is -2.09. The number of aryl methyl sites for hydroxylation is 1. The average molecular weight is 422 g/mol. The summed E-state index contributed by atoms with van der Waals surface area (Å²) in [6.07, 6.45) is 0. The molecule has 6 nitrogen and oxygen atoms in total. The van der Waals surface area contributed by atoms with E-state index in [-0.39, 0.29) is 10.8 Å². The first kappa shape index (κ1) is 20.6. The zero-order chi connectivity index (χ0) is 20.3. The molecular formula is C20H24ClN3O3S. The Morgan fingerprint density at radius 3 is 2.32 bits per heavy atom. The van der Waals surface area contributed by atoms with E-state index in [4.69, 9.17) is 11.6 Å². The predicted molar refractivity (Wildman–Crippen MR) is 111 cm³/mol. The van der Waals surface area contributed by atoms with Crippen molar-refractivity contribution in [3.05, 3.63) is 59.1 Å². The summed E-state index contributed by atoms with van der Waals surface area (Å²) >= 11 is 6.05. The zero-order valence-corrected chi connectivity index (χ0v) is 17.5. The summed E-state index contributed by atoms with van der Waals surface area (Å²) in [5.41, 5.74) is 1.99. The van der Waals surface area contributed by atoms with Crippen LogP contribution in [0.25, 0.3) is 0 Å². The molecule has 0 spiro atoms. The highest BCUT2D eigenvalue weighted by atomic mass is 35.5. The van der Waals surface area contributed by atoms with Gasteiger partial charge in [-0.3, -0.25) is 4.79 Å². The third kappa shape index (κ3) is 4.84. The van der Waals surface area contributed by atoms with Crippen molar-refractivity contribution >= 4 is 33.2 Å². The van der Waals surface area contributed by atoms with Gasteiger partial charge in [-0.15, -0.1) is 0 Å². The summed E-state index contributed by atoms with van der Waals surface area (Å²) < 4.78 is 27.5. The summed E-state index contributed by atoms with van der Waals surface area (Å²) in [5, 5.41) is 0.676. The van der Waals surface area contributed by atoms with Crippen molar-refractivity contribution in [3.8, 4) is 0 Å². The highest BCUT2D eigenvalue weighted by Gasteiger charge is 2.28. The van der Waals surface area contributed by atoms with Crippen molar-refractivity contribution in [2.75, 3.05) is 31.1 Å². The van der Waals surface area contributed by atoms with Crippen molar-refractivity contribution < 1.29 is 13.2 Å². The number of anilines is 1. The Morgan fingerprint density at radius 2 is 1.71 bits per heavy atom. The van der Waals surface area contributed by atoms with E-state index >= 15 is 0 Å². The fourth-order valence-electron chi connectivity index (χ4n) is 3.20. The summed E-state index contributed by atoms with van der Waals surface area (Å²) in [5.74, 6) is -0.221. The van der Waals surface area contributed by atoms with E-state index in [9.17, 15) is 13.2 Å². The minimum atomic E-state index is -3.74. The molecule has 2 aromatic rings. The maximum Gasteiger partial charge on any atom is 0.241 e. The molecule has 8 heteroatoms. The second kappa shape index (κ2) is 8.51. The van der Waals surface area contributed by atoms with Crippen LogP contribution < -0.4 is 9.62 Å². The number of nitrogens with zero attached hydrogens (tertiary/aromatic N) is 2. The molecule has 2 aromatic carbocycles. The van der Waals surface area contributed by atoms with Crippen molar-refractivity contribution in [2.45, 2.75) is 24.8 Å². The highest BCUT2D eigenvalue weighted by molar-refractivity contribution is 7.89. The molecule has 1 unspecified atom stereocenters. The Bertz CT molecular complexity index is 939. The Labute approximate surface area is 171 Å². The highest BCUT2D eigenvalue weighted by Crippen LogP contribution is 2.21. The van der Waals surface area contributed by atoms with Crippen LogP contribution in [0.4, 0.5) is 5.69 Å². The number of piperazine rings is 1. The topological polar surface area (TPSA) is 69.7 Å². The quantitative estimate of drug-likeness (QED) is 0.805. The SMILES string of the molecule is Cc1ccc(S(=O)(=O)NC(C)C(=O)N2CCN(c3cccc(Cl)c3)CC2)cc1. The second-order valence-electron chi connectivity index (χ2n) is 6.95. The molecule has 0 aliphatic carbocycles. The van der Waals surface area contributed by atoms with E-state index in [1.165, 1.54) is 0 Å². The Balaban J connectivity index is 1.59.